The van der Waals surface area contributed by atoms with Gasteiger partial charge in [0.05, 0.1) is 13.1 Å². The van der Waals surface area contributed by atoms with Crippen LogP contribution >= 0.6 is 12.2 Å². The topological polar surface area (TPSA) is 75.4 Å². The van der Waals surface area contributed by atoms with Crippen LogP contribution in [0.1, 0.15) is 11.1 Å². The molecule has 1 aliphatic heterocycles. The molecule has 2 rings (SSSR count). The Kier molecular flexibility index (Phi) is 3.24. The van der Waals surface area contributed by atoms with Gasteiger partial charge in [0.25, 0.3) is 0 Å². The van der Waals surface area contributed by atoms with Crippen LogP contribution < -0.4 is 11.1 Å². The first-order valence-corrected chi connectivity index (χ1v) is 5.56. The summed E-state index contributed by atoms with van der Waals surface area (Å²) in [5.41, 5.74) is 6.02. The summed E-state index contributed by atoms with van der Waals surface area (Å²) in [5.74, 6) is -0.925. The number of thiocarbonyl (C=S) groups is 1. The molecule has 1 saturated heterocycles. The van der Waals surface area contributed by atoms with Gasteiger partial charge in [-0.15, -0.1) is 0 Å². The summed E-state index contributed by atoms with van der Waals surface area (Å²) in [4.78, 5) is 23.7. The number of hydrogen-bond donors (Lipinski definition) is 2. The Morgan fingerprint density at radius 1 is 1.50 bits per heavy atom. The van der Waals surface area contributed by atoms with E-state index in [0.717, 1.165) is 4.90 Å². The van der Waals surface area contributed by atoms with Gasteiger partial charge in [-0.2, -0.15) is 0 Å². The van der Waals surface area contributed by atoms with Crippen molar-refractivity contribution in [2.24, 2.45) is 5.73 Å². The summed E-state index contributed by atoms with van der Waals surface area (Å²) in [5, 5.41) is 2.36. The molecule has 1 aromatic carbocycles. The Labute approximate surface area is 108 Å². The lowest BCUT2D eigenvalue weighted by molar-refractivity contribution is -0.125. The van der Waals surface area contributed by atoms with E-state index in [0.29, 0.717) is 5.56 Å². The summed E-state index contributed by atoms with van der Waals surface area (Å²) in [7, 11) is 0. The molecule has 1 heterocycles. The standard InChI is InChI=1S/C11H10FN3O2S/c12-8-3-6(10(13)18)1-2-7(8)5-15-9(16)4-14-11(15)17/h1-3H,4-5H2,(H2,13,18)(H,14,17). The quantitative estimate of drug-likeness (QED) is 0.618. The number of nitrogens with zero attached hydrogens (tertiary/aromatic N) is 1. The third-order valence-electron chi connectivity index (χ3n) is 2.60. The van der Waals surface area contributed by atoms with E-state index in [4.69, 9.17) is 18.0 Å². The molecule has 3 N–H and O–H groups in total. The molecule has 0 aliphatic carbocycles. The highest BCUT2D eigenvalue weighted by Crippen LogP contribution is 2.14. The minimum Gasteiger partial charge on any atom is -0.389 e. The number of carbonyl (C=O) groups is 2. The number of halogens is 1. The molecule has 18 heavy (non-hydrogen) atoms. The average molecular weight is 267 g/mol. The normalized spacial score (nSPS) is 14.8. The zero-order chi connectivity index (χ0) is 13.3. The summed E-state index contributed by atoms with van der Waals surface area (Å²) in [6.07, 6.45) is 0. The van der Waals surface area contributed by atoms with Gasteiger partial charge in [-0.1, -0.05) is 24.4 Å². The van der Waals surface area contributed by atoms with Crippen molar-refractivity contribution >= 4 is 29.1 Å². The second-order valence-electron chi connectivity index (χ2n) is 3.81. The van der Waals surface area contributed by atoms with Crippen molar-refractivity contribution in [3.05, 3.63) is 35.1 Å². The largest absolute Gasteiger partial charge is 0.389 e. The zero-order valence-electron chi connectivity index (χ0n) is 9.27. The van der Waals surface area contributed by atoms with Crippen molar-refractivity contribution in [1.82, 2.24) is 10.2 Å². The molecule has 7 heteroatoms. The van der Waals surface area contributed by atoms with E-state index in [9.17, 15) is 14.0 Å². The predicted molar refractivity (Wildman–Crippen MR) is 66.2 cm³/mol. The zero-order valence-corrected chi connectivity index (χ0v) is 10.1. The van der Waals surface area contributed by atoms with Crippen LogP contribution in [0.5, 0.6) is 0 Å². The first-order valence-electron chi connectivity index (χ1n) is 5.15. The Morgan fingerprint density at radius 2 is 2.22 bits per heavy atom. The van der Waals surface area contributed by atoms with Gasteiger partial charge in [-0.3, -0.25) is 9.69 Å². The number of nitrogens with one attached hydrogen (secondary N) is 1. The molecule has 0 saturated carbocycles. The fourth-order valence-electron chi connectivity index (χ4n) is 1.61. The Balaban J connectivity index is 2.22. The maximum Gasteiger partial charge on any atom is 0.324 e. The summed E-state index contributed by atoms with van der Waals surface area (Å²) in [6, 6.07) is 3.69. The van der Waals surface area contributed by atoms with Crippen LogP contribution in [-0.4, -0.2) is 28.4 Å². The fraction of sp³-hybridized carbons (Fsp3) is 0.182. The van der Waals surface area contributed by atoms with Crippen LogP contribution in [-0.2, 0) is 11.3 Å². The number of benzene rings is 1. The van der Waals surface area contributed by atoms with Crippen molar-refractivity contribution in [2.75, 3.05) is 6.54 Å². The van der Waals surface area contributed by atoms with Crippen LogP contribution in [0, 0.1) is 5.82 Å². The van der Waals surface area contributed by atoms with Crippen LogP contribution in [0.15, 0.2) is 18.2 Å². The number of amides is 3. The summed E-state index contributed by atoms with van der Waals surface area (Å²) in [6.45, 7) is -0.153. The molecule has 0 spiro atoms. The molecule has 0 aromatic heterocycles. The van der Waals surface area contributed by atoms with Crippen molar-refractivity contribution < 1.29 is 14.0 Å². The molecule has 1 fully saturated rings. The minimum atomic E-state index is -0.548. The summed E-state index contributed by atoms with van der Waals surface area (Å²) >= 11 is 4.73. The van der Waals surface area contributed by atoms with E-state index in [1.54, 1.807) is 6.07 Å². The van der Waals surface area contributed by atoms with E-state index < -0.39 is 11.8 Å². The van der Waals surface area contributed by atoms with Crippen LogP contribution in [0.2, 0.25) is 0 Å². The van der Waals surface area contributed by atoms with Gasteiger partial charge in [-0.05, 0) is 6.07 Å². The molecule has 1 aromatic rings. The fourth-order valence-corrected chi connectivity index (χ4v) is 1.74. The van der Waals surface area contributed by atoms with E-state index in [2.05, 4.69) is 5.32 Å². The molecule has 94 valence electrons. The number of nitrogens with two attached hydrogens (primary N) is 1. The minimum absolute atomic E-state index is 0.0502. The van der Waals surface area contributed by atoms with Gasteiger partial charge >= 0.3 is 6.03 Å². The smallest absolute Gasteiger partial charge is 0.324 e. The first kappa shape index (κ1) is 12.4. The molecule has 5 nitrogen and oxygen atoms in total. The molecular formula is C11H10FN3O2S. The van der Waals surface area contributed by atoms with Gasteiger partial charge in [-0.25, -0.2) is 9.18 Å². The van der Waals surface area contributed by atoms with Crippen molar-refractivity contribution in [1.29, 1.82) is 0 Å². The number of hydrogen-bond acceptors (Lipinski definition) is 3. The number of carbonyl (C=O) groups excluding carboxylic acids is 2. The van der Waals surface area contributed by atoms with Crippen molar-refractivity contribution in [3.8, 4) is 0 Å². The lowest BCUT2D eigenvalue weighted by Gasteiger charge is -2.13. The Morgan fingerprint density at radius 3 is 2.72 bits per heavy atom. The molecule has 0 unspecified atom stereocenters. The molecular weight excluding hydrogens is 257 g/mol. The van der Waals surface area contributed by atoms with Gasteiger partial charge in [0, 0.05) is 11.1 Å². The average Bonchev–Trinajstić information content (AvgIpc) is 2.63. The second kappa shape index (κ2) is 4.69. The van der Waals surface area contributed by atoms with Gasteiger partial charge in [0.1, 0.15) is 10.8 Å². The lowest BCUT2D eigenvalue weighted by Crippen LogP contribution is -2.30. The van der Waals surface area contributed by atoms with E-state index in [1.807, 2.05) is 0 Å². The number of rotatable bonds is 3. The molecule has 1 aliphatic rings. The third-order valence-corrected chi connectivity index (χ3v) is 2.84. The third kappa shape index (κ3) is 2.30. The highest BCUT2D eigenvalue weighted by molar-refractivity contribution is 7.80. The molecule has 3 amide bonds. The molecule has 0 atom stereocenters. The van der Waals surface area contributed by atoms with Crippen molar-refractivity contribution in [3.63, 3.8) is 0 Å². The maximum atomic E-state index is 13.7. The second-order valence-corrected chi connectivity index (χ2v) is 4.25. The molecule has 0 radical (unpaired) electrons. The van der Waals surface area contributed by atoms with Crippen LogP contribution in [0.3, 0.4) is 0 Å². The van der Waals surface area contributed by atoms with E-state index in [1.165, 1.54) is 12.1 Å². The molecule has 0 bridgehead atoms. The Hall–Kier alpha value is -2.02. The van der Waals surface area contributed by atoms with E-state index >= 15 is 0 Å². The highest BCUT2D eigenvalue weighted by atomic mass is 32.1. The number of urea groups is 1. The van der Waals surface area contributed by atoms with E-state index in [-0.39, 0.29) is 29.5 Å². The van der Waals surface area contributed by atoms with Crippen LogP contribution in [0.4, 0.5) is 9.18 Å². The van der Waals surface area contributed by atoms with Gasteiger partial charge in [0.15, 0.2) is 0 Å². The first-order chi connectivity index (χ1) is 8.49. The SMILES string of the molecule is NC(=S)c1ccc(CN2C(=O)CNC2=O)c(F)c1. The monoisotopic (exact) mass is 267 g/mol. The highest BCUT2D eigenvalue weighted by Gasteiger charge is 2.29. The van der Waals surface area contributed by atoms with Gasteiger partial charge < -0.3 is 11.1 Å². The Bertz CT molecular complexity index is 531. The predicted octanol–water partition coefficient (Wildman–Crippen LogP) is 0.512. The van der Waals surface area contributed by atoms with Crippen molar-refractivity contribution in [2.45, 2.75) is 6.54 Å². The maximum absolute atomic E-state index is 13.7. The lowest BCUT2D eigenvalue weighted by atomic mass is 10.1. The number of imide groups is 1. The summed E-state index contributed by atoms with van der Waals surface area (Å²) < 4.78 is 13.7. The van der Waals surface area contributed by atoms with Crippen LogP contribution in [0.25, 0.3) is 0 Å². The van der Waals surface area contributed by atoms with Gasteiger partial charge in [0.2, 0.25) is 5.91 Å².